The zero-order chi connectivity index (χ0) is 20.5. The Morgan fingerprint density at radius 3 is 2.48 bits per heavy atom. The van der Waals surface area contributed by atoms with Crippen LogP contribution in [0, 0.1) is 0 Å². The van der Waals surface area contributed by atoms with Gasteiger partial charge in [-0.05, 0) is 54.7 Å². The second kappa shape index (κ2) is 7.79. The summed E-state index contributed by atoms with van der Waals surface area (Å²) < 4.78 is 5.55. The van der Waals surface area contributed by atoms with Crippen molar-refractivity contribution in [3.63, 3.8) is 0 Å². The Kier molecular flexibility index (Phi) is 5.20. The van der Waals surface area contributed by atoms with Crippen LogP contribution in [0.2, 0.25) is 0 Å². The smallest absolute Gasteiger partial charge is 0.261 e. The van der Waals surface area contributed by atoms with Crippen LogP contribution in [-0.4, -0.2) is 41.9 Å². The van der Waals surface area contributed by atoms with Crippen LogP contribution in [0.15, 0.2) is 42.5 Å². The first-order valence-electron chi connectivity index (χ1n) is 9.97. The van der Waals surface area contributed by atoms with E-state index in [1.807, 2.05) is 24.3 Å². The van der Waals surface area contributed by atoms with Crippen molar-refractivity contribution in [1.29, 1.82) is 0 Å². The van der Waals surface area contributed by atoms with E-state index in [-0.39, 0.29) is 35.9 Å². The number of carbonyl (C=O) groups is 3. The molecule has 1 saturated heterocycles. The Hall–Kier alpha value is -2.99. The molecular weight excluding hydrogens is 368 g/mol. The molecule has 150 valence electrons. The molecular formula is C23H24N2O4. The van der Waals surface area contributed by atoms with Crippen LogP contribution < -0.4 is 5.32 Å². The van der Waals surface area contributed by atoms with Gasteiger partial charge in [0.15, 0.2) is 0 Å². The second-order valence-electron chi connectivity index (χ2n) is 7.85. The van der Waals surface area contributed by atoms with Crippen LogP contribution in [0.3, 0.4) is 0 Å². The maximum atomic E-state index is 12.7. The minimum Gasteiger partial charge on any atom is -0.376 e. The summed E-state index contributed by atoms with van der Waals surface area (Å²) >= 11 is 0. The van der Waals surface area contributed by atoms with Crippen molar-refractivity contribution in [3.8, 4) is 0 Å². The lowest BCUT2D eigenvalue weighted by atomic mass is 10.0. The zero-order valence-electron chi connectivity index (χ0n) is 16.6. The number of amides is 3. The number of ether oxygens (including phenoxy) is 1. The molecule has 2 heterocycles. The van der Waals surface area contributed by atoms with E-state index >= 15 is 0 Å². The van der Waals surface area contributed by atoms with Gasteiger partial charge in [-0.3, -0.25) is 19.3 Å². The normalized spacial score (nSPS) is 18.4. The third-order valence-corrected chi connectivity index (χ3v) is 5.48. The van der Waals surface area contributed by atoms with Crippen LogP contribution >= 0.6 is 0 Å². The van der Waals surface area contributed by atoms with Crippen LogP contribution in [-0.2, 0) is 4.74 Å². The van der Waals surface area contributed by atoms with Crippen molar-refractivity contribution in [2.24, 2.45) is 0 Å². The molecule has 4 rings (SSSR count). The molecule has 0 aromatic heterocycles. The first kappa shape index (κ1) is 19.3. The largest absolute Gasteiger partial charge is 0.376 e. The Bertz CT molecular complexity index is 959. The molecule has 0 spiro atoms. The van der Waals surface area contributed by atoms with Gasteiger partial charge in [-0.25, -0.2) is 0 Å². The maximum absolute atomic E-state index is 12.7. The highest BCUT2D eigenvalue weighted by atomic mass is 16.5. The van der Waals surface area contributed by atoms with Crippen LogP contribution in [0.5, 0.6) is 0 Å². The summed E-state index contributed by atoms with van der Waals surface area (Å²) in [5.41, 5.74) is 2.83. The van der Waals surface area contributed by atoms with E-state index in [1.165, 1.54) is 16.5 Å². The molecule has 0 aliphatic carbocycles. The highest BCUT2D eigenvalue weighted by Gasteiger charge is 2.37. The van der Waals surface area contributed by atoms with Gasteiger partial charge in [0.25, 0.3) is 17.7 Å². The Morgan fingerprint density at radius 2 is 1.83 bits per heavy atom. The molecule has 29 heavy (non-hydrogen) atoms. The summed E-state index contributed by atoms with van der Waals surface area (Å²) in [4.78, 5) is 39.2. The summed E-state index contributed by atoms with van der Waals surface area (Å²) in [6, 6.07) is 12.3. The molecule has 2 aliphatic rings. The van der Waals surface area contributed by atoms with E-state index in [4.69, 9.17) is 4.74 Å². The Labute approximate surface area is 169 Å². The van der Waals surface area contributed by atoms with Crippen LogP contribution in [0.1, 0.15) is 69.2 Å². The number of nitrogens with zero attached hydrogens (tertiary/aromatic N) is 1. The lowest BCUT2D eigenvalue weighted by molar-refractivity contribution is 0.0475. The summed E-state index contributed by atoms with van der Waals surface area (Å²) in [5, 5.41) is 2.84. The van der Waals surface area contributed by atoms with Gasteiger partial charge >= 0.3 is 0 Å². The molecule has 1 fully saturated rings. The second-order valence-corrected chi connectivity index (χ2v) is 7.85. The number of anilines is 1. The molecule has 1 atom stereocenters. The van der Waals surface area contributed by atoms with Gasteiger partial charge in [-0.2, -0.15) is 0 Å². The van der Waals surface area contributed by atoms with Crippen molar-refractivity contribution in [2.75, 3.05) is 18.5 Å². The van der Waals surface area contributed by atoms with E-state index in [9.17, 15) is 14.4 Å². The lowest BCUT2D eigenvalue weighted by Gasteiger charge is -2.17. The third kappa shape index (κ3) is 3.80. The highest BCUT2D eigenvalue weighted by Crippen LogP contribution is 2.26. The van der Waals surface area contributed by atoms with E-state index in [1.54, 1.807) is 12.1 Å². The fourth-order valence-electron chi connectivity index (χ4n) is 3.74. The molecule has 0 saturated carbocycles. The maximum Gasteiger partial charge on any atom is 0.261 e. The topological polar surface area (TPSA) is 75.7 Å². The first-order chi connectivity index (χ1) is 13.9. The molecule has 1 N–H and O–H groups in total. The number of rotatable bonds is 5. The standard InChI is InChI=1S/C23H24N2O4/c1-14(2)15-5-8-17(9-6-15)24-21(26)16-7-10-19-20(12-16)23(28)25(22(19)27)13-18-4-3-11-29-18/h5-10,12,14,18H,3-4,11,13H2,1-2H3,(H,24,26)/t18-/m1/s1. The number of imide groups is 1. The molecule has 0 bridgehead atoms. The van der Waals surface area contributed by atoms with Crippen LogP contribution in [0.25, 0.3) is 0 Å². The van der Waals surface area contributed by atoms with Gasteiger partial charge < -0.3 is 10.1 Å². The third-order valence-electron chi connectivity index (χ3n) is 5.48. The summed E-state index contributed by atoms with van der Waals surface area (Å²) in [6.45, 7) is 5.14. The van der Waals surface area contributed by atoms with Crippen molar-refractivity contribution >= 4 is 23.4 Å². The van der Waals surface area contributed by atoms with Crippen molar-refractivity contribution in [2.45, 2.75) is 38.7 Å². The van der Waals surface area contributed by atoms with Gasteiger partial charge in [-0.1, -0.05) is 26.0 Å². The average Bonchev–Trinajstić information content (AvgIpc) is 3.31. The molecule has 2 aromatic rings. The number of benzene rings is 2. The van der Waals surface area contributed by atoms with Crippen molar-refractivity contribution in [3.05, 3.63) is 64.7 Å². The predicted molar refractivity (Wildman–Crippen MR) is 109 cm³/mol. The zero-order valence-corrected chi connectivity index (χ0v) is 16.6. The Balaban J connectivity index is 1.50. The number of hydrogen-bond donors (Lipinski definition) is 1. The van der Waals surface area contributed by atoms with E-state index in [2.05, 4.69) is 19.2 Å². The lowest BCUT2D eigenvalue weighted by Crippen LogP contribution is -2.36. The van der Waals surface area contributed by atoms with Gasteiger partial charge in [-0.15, -0.1) is 0 Å². The number of carbonyl (C=O) groups excluding carboxylic acids is 3. The van der Waals surface area contributed by atoms with Crippen LogP contribution in [0.4, 0.5) is 5.69 Å². The number of hydrogen-bond acceptors (Lipinski definition) is 4. The summed E-state index contributed by atoms with van der Waals surface area (Å²) in [5.74, 6) is -0.589. The summed E-state index contributed by atoms with van der Waals surface area (Å²) in [6.07, 6.45) is 1.68. The predicted octanol–water partition coefficient (Wildman–Crippen LogP) is 3.84. The number of nitrogens with one attached hydrogen (secondary N) is 1. The monoisotopic (exact) mass is 392 g/mol. The van der Waals surface area contributed by atoms with Crippen molar-refractivity contribution < 1.29 is 19.1 Å². The minimum atomic E-state index is -0.364. The van der Waals surface area contributed by atoms with Crippen molar-refractivity contribution in [1.82, 2.24) is 4.90 Å². The summed E-state index contributed by atoms with van der Waals surface area (Å²) in [7, 11) is 0. The quantitative estimate of drug-likeness (QED) is 0.785. The Morgan fingerprint density at radius 1 is 1.10 bits per heavy atom. The van der Waals surface area contributed by atoms with Gasteiger partial charge in [0.2, 0.25) is 0 Å². The first-order valence-corrected chi connectivity index (χ1v) is 9.97. The van der Waals surface area contributed by atoms with E-state index in [0.29, 0.717) is 29.3 Å². The molecule has 2 aromatic carbocycles. The molecule has 6 heteroatoms. The minimum absolute atomic E-state index is 0.103. The fourth-order valence-corrected chi connectivity index (χ4v) is 3.74. The van der Waals surface area contributed by atoms with E-state index < -0.39 is 0 Å². The molecule has 2 aliphatic heterocycles. The number of fused-ring (bicyclic) bond motifs is 1. The molecule has 0 radical (unpaired) electrons. The van der Waals surface area contributed by atoms with Gasteiger partial charge in [0.05, 0.1) is 23.8 Å². The SMILES string of the molecule is CC(C)c1ccc(NC(=O)c2ccc3c(c2)C(=O)N(C[C@H]2CCCO2)C3=O)cc1. The van der Waals surface area contributed by atoms with E-state index in [0.717, 1.165) is 12.8 Å². The molecule has 0 unspecified atom stereocenters. The average molecular weight is 392 g/mol. The van der Waals surface area contributed by atoms with Gasteiger partial charge in [0.1, 0.15) is 0 Å². The molecule has 6 nitrogen and oxygen atoms in total. The van der Waals surface area contributed by atoms with Gasteiger partial charge in [0, 0.05) is 17.9 Å². The molecule has 3 amide bonds. The highest BCUT2D eigenvalue weighted by molar-refractivity contribution is 6.22. The fraction of sp³-hybridized carbons (Fsp3) is 0.348.